The van der Waals surface area contributed by atoms with Crippen molar-refractivity contribution in [3.63, 3.8) is 0 Å². The van der Waals surface area contributed by atoms with Crippen molar-refractivity contribution in [2.75, 3.05) is 13.1 Å². The largest absolute Gasteiger partial charge is 0.469 e. The Morgan fingerprint density at radius 3 is 2.62 bits per heavy atom. The molecule has 3 nitrogen and oxygen atoms in total. The minimum Gasteiger partial charge on any atom is -0.469 e. The van der Waals surface area contributed by atoms with Crippen molar-refractivity contribution in [3.05, 3.63) is 23.7 Å². The fourth-order valence-corrected chi connectivity index (χ4v) is 1.58. The number of hydrogen-bond acceptors (Lipinski definition) is 3. The van der Waals surface area contributed by atoms with Crippen molar-refractivity contribution in [1.29, 1.82) is 0 Å². The average molecular weight is 224 g/mol. The van der Waals surface area contributed by atoms with E-state index in [1.165, 1.54) is 5.56 Å². The molecule has 0 atom stereocenters. The molecule has 1 aromatic heterocycles. The third kappa shape index (κ3) is 4.81. The van der Waals surface area contributed by atoms with Crippen LogP contribution in [0.25, 0.3) is 0 Å². The second kappa shape index (κ2) is 6.06. The number of furan rings is 1. The third-order valence-electron chi connectivity index (χ3n) is 2.43. The van der Waals surface area contributed by atoms with Crippen LogP contribution >= 0.6 is 0 Å². The Labute approximate surface area is 98.6 Å². The van der Waals surface area contributed by atoms with Crippen molar-refractivity contribution in [1.82, 2.24) is 10.6 Å². The second-order valence-corrected chi connectivity index (χ2v) is 5.08. The molecule has 92 valence electrons. The monoisotopic (exact) mass is 224 g/mol. The fourth-order valence-electron chi connectivity index (χ4n) is 1.58. The summed E-state index contributed by atoms with van der Waals surface area (Å²) >= 11 is 0. The molecular weight excluding hydrogens is 200 g/mol. The molecule has 0 radical (unpaired) electrons. The Morgan fingerprint density at radius 2 is 2.00 bits per heavy atom. The van der Waals surface area contributed by atoms with E-state index in [9.17, 15) is 0 Å². The van der Waals surface area contributed by atoms with Gasteiger partial charge < -0.3 is 15.1 Å². The van der Waals surface area contributed by atoms with Gasteiger partial charge in [-0.25, -0.2) is 0 Å². The van der Waals surface area contributed by atoms with Crippen LogP contribution in [0.2, 0.25) is 0 Å². The van der Waals surface area contributed by atoms with Crippen LogP contribution < -0.4 is 10.6 Å². The minimum absolute atomic E-state index is 0.200. The summed E-state index contributed by atoms with van der Waals surface area (Å²) in [5.41, 5.74) is 1.48. The van der Waals surface area contributed by atoms with Gasteiger partial charge in [-0.2, -0.15) is 0 Å². The van der Waals surface area contributed by atoms with Crippen LogP contribution in [0.1, 0.15) is 39.0 Å². The molecule has 3 heteroatoms. The predicted octanol–water partition coefficient (Wildman–Crippen LogP) is 2.32. The first-order valence-corrected chi connectivity index (χ1v) is 6.04. The van der Waals surface area contributed by atoms with E-state index in [2.05, 4.69) is 38.3 Å². The van der Waals surface area contributed by atoms with Gasteiger partial charge in [0.25, 0.3) is 0 Å². The Hall–Kier alpha value is -0.800. The number of nitrogens with one attached hydrogen (secondary N) is 2. The van der Waals surface area contributed by atoms with Crippen LogP contribution in [0.15, 0.2) is 16.7 Å². The SMILES string of the molecule is CCc1occc1CNCCNC(C)(C)C. The molecule has 16 heavy (non-hydrogen) atoms. The lowest BCUT2D eigenvalue weighted by Crippen LogP contribution is -2.40. The molecule has 0 bridgehead atoms. The van der Waals surface area contributed by atoms with Crippen LogP contribution in [0.5, 0.6) is 0 Å². The zero-order chi connectivity index (χ0) is 12.0. The van der Waals surface area contributed by atoms with E-state index in [4.69, 9.17) is 4.42 Å². The molecule has 1 heterocycles. The Morgan fingerprint density at radius 1 is 1.25 bits per heavy atom. The van der Waals surface area contributed by atoms with Crippen molar-refractivity contribution in [2.45, 2.75) is 46.2 Å². The lowest BCUT2D eigenvalue weighted by Gasteiger charge is -2.20. The smallest absolute Gasteiger partial charge is 0.107 e. The normalized spacial score (nSPS) is 12.0. The van der Waals surface area contributed by atoms with Crippen LogP contribution in [-0.4, -0.2) is 18.6 Å². The van der Waals surface area contributed by atoms with Crippen molar-refractivity contribution >= 4 is 0 Å². The molecular formula is C13H24N2O. The zero-order valence-corrected chi connectivity index (χ0v) is 10.9. The zero-order valence-electron chi connectivity index (χ0n) is 10.9. The molecule has 0 aromatic carbocycles. The quantitative estimate of drug-likeness (QED) is 0.728. The van der Waals surface area contributed by atoms with E-state index in [1.807, 2.05) is 6.07 Å². The van der Waals surface area contributed by atoms with Gasteiger partial charge in [0, 0.05) is 37.2 Å². The molecule has 0 amide bonds. The molecule has 0 spiro atoms. The Bertz CT molecular complexity index is 299. The molecule has 0 saturated carbocycles. The molecule has 0 aliphatic heterocycles. The first kappa shape index (κ1) is 13.3. The Balaban J connectivity index is 2.16. The summed E-state index contributed by atoms with van der Waals surface area (Å²) in [6.45, 7) is 11.5. The van der Waals surface area contributed by atoms with Gasteiger partial charge in [0.05, 0.1) is 6.26 Å². The van der Waals surface area contributed by atoms with Gasteiger partial charge in [0.15, 0.2) is 0 Å². The summed E-state index contributed by atoms with van der Waals surface area (Å²) in [6.07, 6.45) is 2.73. The molecule has 2 N–H and O–H groups in total. The van der Waals surface area contributed by atoms with E-state index >= 15 is 0 Å². The van der Waals surface area contributed by atoms with Gasteiger partial charge in [-0.15, -0.1) is 0 Å². The lowest BCUT2D eigenvalue weighted by atomic mass is 10.1. The second-order valence-electron chi connectivity index (χ2n) is 5.08. The van der Waals surface area contributed by atoms with Gasteiger partial charge in [-0.3, -0.25) is 0 Å². The summed E-state index contributed by atoms with van der Waals surface area (Å²) in [5.74, 6) is 1.09. The summed E-state index contributed by atoms with van der Waals surface area (Å²) < 4.78 is 5.37. The van der Waals surface area contributed by atoms with Crippen LogP contribution in [0, 0.1) is 0 Å². The molecule has 0 saturated heterocycles. The highest BCUT2D eigenvalue weighted by Crippen LogP contribution is 2.10. The van der Waals surface area contributed by atoms with E-state index in [1.54, 1.807) is 6.26 Å². The molecule has 0 aliphatic carbocycles. The first-order valence-electron chi connectivity index (χ1n) is 6.04. The highest BCUT2D eigenvalue weighted by Gasteiger charge is 2.07. The molecule has 0 fully saturated rings. The molecule has 1 rings (SSSR count). The van der Waals surface area contributed by atoms with E-state index in [-0.39, 0.29) is 5.54 Å². The fraction of sp³-hybridized carbons (Fsp3) is 0.692. The first-order chi connectivity index (χ1) is 7.53. The van der Waals surface area contributed by atoms with Gasteiger partial charge in [-0.1, -0.05) is 6.92 Å². The Kier molecular flexibility index (Phi) is 5.03. The maximum absolute atomic E-state index is 5.37. The number of aryl methyl sites for hydroxylation is 1. The molecule has 0 aliphatic rings. The third-order valence-corrected chi connectivity index (χ3v) is 2.43. The van der Waals surface area contributed by atoms with Crippen molar-refractivity contribution < 1.29 is 4.42 Å². The number of rotatable bonds is 6. The average Bonchev–Trinajstić information content (AvgIpc) is 2.63. The summed E-state index contributed by atoms with van der Waals surface area (Å²) in [5, 5.41) is 6.86. The molecule has 1 aromatic rings. The topological polar surface area (TPSA) is 37.2 Å². The summed E-state index contributed by atoms with van der Waals surface area (Å²) in [7, 11) is 0. The standard InChI is InChI=1S/C13H24N2O/c1-5-12-11(6-9-16-12)10-14-7-8-15-13(2,3)4/h6,9,14-15H,5,7-8,10H2,1-4H3. The number of hydrogen-bond donors (Lipinski definition) is 2. The van der Waals surface area contributed by atoms with Crippen molar-refractivity contribution in [2.24, 2.45) is 0 Å². The van der Waals surface area contributed by atoms with E-state index in [0.29, 0.717) is 0 Å². The summed E-state index contributed by atoms with van der Waals surface area (Å²) in [4.78, 5) is 0. The highest BCUT2D eigenvalue weighted by molar-refractivity contribution is 5.16. The molecule has 0 unspecified atom stereocenters. The van der Waals surface area contributed by atoms with Crippen molar-refractivity contribution in [3.8, 4) is 0 Å². The summed E-state index contributed by atoms with van der Waals surface area (Å²) in [6, 6.07) is 2.04. The highest BCUT2D eigenvalue weighted by atomic mass is 16.3. The maximum atomic E-state index is 5.37. The maximum Gasteiger partial charge on any atom is 0.107 e. The van der Waals surface area contributed by atoms with Crippen LogP contribution in [0.4, 0.5) is 0 Å². The minimum atomic E-state index is 0.200. The van der Waals surface area contributed by atoms with Gasteiger partial charge in [0.1, 0.15) is 5.76 Å². The van der Waals surface area contributed by atoms with Gasteiger partial charge >= 0.3 is 0 Å². The van der Waals surface area contributed by atoms with Gasteiger partial charge in [-0.05, 0) is 26.8 Å². The van der Waals surface area contributed by atoms with Gasteiger partial charge in [0.2, 0.25) is 0 Å². The lowest BCUT2D eigenvalue weighted by molar-refractivity contribution is 0.421. The van der Waals surface area contributed by atoms with E-state index < -0.39 is 0 Å². The van der Waals surface area contributed by atoms with Crippen LogP contribution in [0.3, 0.4) is 0 Å². The van der Waals surface area contributed by atoms with E-state index in [0.717, 1.165) is 31.8 Å². The van der Waals surface area contributed by atoms with Crippen LogP contribution in [-0.2, 0) is 13.0 Å². The predicted molar refractivity (Wildman–Crippen MR) is 67.5 cm³/mol.